The Bertz CT molecular complexity index is 584. The van der Waals surface area contributed by atoms with E-state index < -0.39 is 15.7 Å². The van der Waals surface area contributed by atoms with Crippen LogP contribution in [0.3, 0.4) is 0 Å². The molecular formula is C10H4Br6O4. The lowest BCUT2D eigenvalue weighted by molar-refractivity contribution is 0.0649. The summed E-state index contributed by atoms with van der Waals surface area (Å²) in [7, 11) is 0. The van der Waals surface area contributed by atoms with Gasteiger partial charge in [-0.2, -0.15) is 0 Å². The number of benzene rings is 1. The van der Waals surface area contributed by atoms with Gasteiger partial charge in [0.1, 0.15) is 0 Å². The third-order valence-corrected chi connectivity index (χ3v) is 6.30. The van der Waals surface area contributed by atoms with E-state index in [-0.39, 0.29) is 19.3 Å². The van der Waals surface area contributed by atoms with Gasteiger partial charge in [-0.15, -0.1) is 0 Å². The average Bonchev–Trinajstić information content (AvgIpc) is 2.29. The van der Waals surface area contributed by atoms with Gasteiger partial charge in [0.25, 0.3) is 0 Å². The normalized spacial score (nSPS) is 11.2. The van der Waals surface area contributed by atoms with Gasteiger partial charge >= 0.3 is 11.9 Å². The van der Waals surface area contributed by atoms with Crippen LogP contribution in [0.1, 0.15) is 39.3 Å². The van der Waals surface area contributed by atoms with Crippen LogP contribution in [0, 0.1) is 0 Å². The van der Waals surface area contributed by atoms with Crippen LogP contribution in [0.4, 0.5) is 0 Å². The first-order chi connectivity index (χ1) is 9.11. The minimum absolute atomic E-state index is 0.172. The van der Waals surface area contributed by atoms with Crippen molar-refractivity contribution < 1.29 is 19.8 Å². The van der Waals surface area contributed by atoms with Crippen molar-refractivity contribution in [1.82, 2.24) is 0 Å². The molecule has 2 N–H and O–H groups in total. The summed E-state index contributed by atoms with van der Waals surface area (Å²) in [5.74, 6) is -2.65. The number of carbonyl (C=O) groups is 2. The molecule has 0 aliphatic rings. The molecule has 0 saturated carbocycles. The van der Waals surface area contributed by atoms with E-state index in [1.165, 1.54) is 0 Å². The van der Waals surface area contributed by atoms with E-state index in [4.69, 9.17) is 0 Å². The molecule has 1 rings (SSSR count). The summed E-state index contributed by atoms with van der Waals surface area (Å²) >= 11 is 19.6. The van der Waals surface area contributed by atoms with E-state index in [2.05, 4.69) is 95.6 Å². The zero-order valence-corrected chi connectivity index (χ0v) is 18.6. The maximum absolute atomic E-state index is 11.5. The summed E-state index contributed by atoms with van der Waals surface area (Å²) in [5.41, 5.74) is 0.277. The van der Waals surface area contributed by atoms with Gasteiger partial charge in [0.2, 0.25) is 0 Å². The van der Waals surface area contributed by atoms with Gasteiger partial charge in [-0.05, 0) is 43.0 Å². The molecule has 110 valence electrons. The summed E-state index contributed by atoms with van der Waals surface area (Å²) in [6, 6.07) is 0. The van der Waals surface area contributed by atoms with E-state index in [1.807, 2.05) is 0 Å². The Labute approximate surface area is 164 Å². The second-order valence-electron chi connectivity index (χ2n) is 3.42. The topological polar surface area (TPSA) is 74.6 Å². The summed E-state index contributed by atoms with van der Waals surface area (Å²) in [5, 5.41) is 18.7. The molecule has 0 fully saturated rings. The summed E-state index contributed by atoms with van der Waals surface area (Å²) in [6.45, 7) is 0. The van der Waals surface area contributed by atoms with Crippen molar-refractivity contribution in [2.24, 2.45) is 0 Å². The van der Waals surface area contributed by atoms with Crippen molar-refractivity contribution in [3.05, 3.63) is 31.2 Å². The molecule has 0 aromatic heterocycles. The second kappa shape index (κ2) is 7.54. The molecule has 0 unspecified atom stereocenters. The lowest BCUT2D eigenvalue weighted by Crippen LogP contribution is -2.15. The van der Waals surface area contributed by atoms with Crippen LogP contribution < -0.4 is 0 Å². The van der Waals surface area contributed by atoms with Crippen molar-refractivity contribution in [1.29, 1.82) is 0 Å². The smallest absolute Gasteiger partial charge is 0.337 e. The van der Waals surface area contributed by atoms with E-state index in [9.17, 15) is 19.8 Å². The Hall–Kier alpha value is 1.04. The fraction of sp³-hybridized carbons (Fsp3) is 0.200. The van der Waals surface area contributed by atoms with Crippen LogP contribution in [0.15, 0.2) is 8.95 Å². The molecule has 0 amide bonds. The van der Waals surface area contributed by atoms with Crippen molar-refractivity contribution in [2.75, 3.05) is 0 Å². The molecule has 0 aliphatic heterocycles. The van der Waals surface area contributed by atoms with Crippen LogP contribution in [-0.4, -0.2) is 22.2 Å². The number of hydrogen-bond acceptors (Lipinski definition) is 2. The van der Waals surface area contributed by atoms with Gasteiger partial charge in [-0.1, -0.05) is 63.7 Å². The molecule has 0 heterocycles. The number of hydrogen-bond donors (Lipinski definition) is 2. The molecule has 1 aromatic carbocycles. The van der Waals surface area contributed by atoms with Gasteiger partial charge < -0.3 is 10.2 Å². The van der Waals surface area contributed by atoms with Gasteiger partial charge in [0.15, 0.2) is 0 Å². The number of halogens is 6. The number of alkyl halides is 4. The Kier molecular flexibility index (Phi) is 7.20. The minimum Gasteiger partial charge on any atom is -0.478 e. The van der Waals surface area contributed by atoms with Crippen molar-refractivity contribution in [3.8, 4) is 0 Å². The highest BCUT2D eigenvalue weighted by Gasteiger charge is 2.32. The first kappa shape index (κ1) is 19.1. The van der Waals surface area contributed by atoms with E-state index in [0.717, 1.165) is 0 Å². The molecule has 0 saturated heterocycles. The molecule has 0 aliphatic carbocycles. The zero-order valence-electron chi connectivity index (χ0n) is 9.13. The highest BCUT2D eigenvalue weighted by atomic mass is 79.9. The Morgan fingerprint density at radius 1 is 0.750 bits per heavy atom. The summed E-state index contributed by atoms with van der Waals surface area (Å²) < 4.78 is -0.270. The SMILES string of the molecule is O=C(O)c1c(Br)c(Br)c(C(Br)Br)c(C(Br)Br)c1C(=O)O. The number of carboxylic acids is 2. The van der Waals surface area contributed by atoms with Crippen molar-refractivity contribution in [3.63, 3.8) is 0 Å². The monoisotopic (exact) mass is 662 g/mol. The van der Waals surface area contributed by atoms with Gasteiger partial charge in [0, 0.05) is 8.95 Å². The number of carboxylic acid groups (broad SMARTS) is 2. The first-order valence-corrected chi connectivity index (χ1v) is 9.93. The van der Waals surface area contributed by atoms with Crippen LogP contribution in [0.2, 0.25) is 0 Å². The quantitative estimate of drug-likeness (QED) is 0.376. The second-order valence-corrected chi connectivity index (χ2v) is 11.1. The fourth-order valence-electron chi connectivity index (χ4n) is 1.59. The number of rotatable bonds is 4. The van der Waals surface area contributed by atoms with Gasteiger partial charge in [-0.3, -0.25) is 0 Å². The van der Waals surface area contributed by atoms with E-state index >= 15 is 0 Å². The van der Waals surface area contributed by atoms with E-state index in [0.29, 0.717) is 15.6 Å². The van der Waals surface area contributed by atoms with Gasteiger partial charge in [0.05, 0.1) is 18.6 Å². The fourth-order valence-corrected chi connectivity index (χ4v) is 5.33. The maximum atomic E-state index is 11.5. The standard InChI is InChI=1S/C10H4Br6O4/c11-5-3(8(15)16)1(7(13)14)2(9(17)18)4(6(5)12)10(19)20/h7-8H,(H,17,18)(H,19,20). The molecule has 0 radical (unpaired) electrons. The largest absolute Gasteiger partial charge is 0.478 e. The van der Waals surface area contributed by atoms with Crippen LogP contribution in [0.5, 0.6) is 0 Å². The molecule has 20 heavy (non-hydrogen) atoms. The van der Waals surface area contributed by atoms with Crippen LogP contribution >= 0.6 is 95.6 Å². The number of aromatic carboxylic acids is 2. The average molecular weight is 668 g/mol. The van der Waals surface area contributed by atoms with Crippen molar-refractivity contribution in [2.45, 2.75) is 7.47 Å². The van der Waals surface area contributed by atoms with Crippen LogP contribution in [-0.2, 0) is 0 Å². The predicted molar refractivity (Wildman–Crippen MR) is 97.0 cm³/mol. The highest BCUT2D eigenvalue weighted by molar-refractivity contribution is 9.24. The highest BCUT2D eigenvalue weighted by Crippen LogP contribution is 2.49. The molecule has 0 spiro atoms. The molecular weight excluding hydrogens is 664 g/mol. The Balaban J connectivity index is 4.03. The third kappa shape index (κ3) is 3.68. The lowest BCUT2D eigenvalue weighted by atomic mass is 9.97. The summed E-state index contributed by atoms with van der Waals surface area (Å²) in [6.07, 6.45) is 0. The molecule has 0 bridgehead atoms. The first-order valence-electron chi connectivity index (χ1n) is 4.68. The lowest BCUT2D eigenvalue weighted by Gasteiger charge is -2.20. The van der Waals surface area contributed by atoms with Crippen molar-refractivity contribution >= 4 is 108 Å². The Morgan fingerprint density at radius 2 is 1.15 bits per heavy atom. The minimum atomic E-state index is -1.33. The zero-order chi connectivity index (χ0) is 15.8. The van der Waals surface area contributed by atoms with Crippen LogP contribution in [0.25, 0.3) is 0 Å². The molecule has 1 aromatic rings. The van der Waals surface area contributed by atoms with E-state index in [1.54, 1.807) is 0 Å². The Morgan fingerprint density at radius 3 is 1.45 bits per heavy atom. The maximum Gasteiger partial charge on any atom is 0.337 e. The molecule has 0 atom stereocenters. The summed E-state index contributed by atoms with van der Waals surface area (Å²) in [4.78, 5) is 22.9. The third-order valence-electron chi connectivity index (χ3n) is 2.32. The molecule has 10 heteroatoms. The predicted octanol–water partition coefficient (Wildman–Crippen LogP) is 6.18. The molecule has 4 nitrogen and oxygen atoms in total. The van der Waals surface area contributed by atoms with Gasteiger partial charge in [-0.25, -0.2) is 9.59 Å².